The van der Waals surface area contributed by atoms with Crippen molar-refractivity contribution >= 4 is 41.7 Å². The summed E-state index contributed by atoms with van der Waals surface area (Å²) < 4.78 is 0. The van der Waals surface area contributed by atoms with Crippen LogP contribution in [0.25, 0.3) is 0 Å². The standard InChI is InChI=1S/C22H39N5S.HI/c1-4-23-22(24-12-8-9-17-28-3)25-18-20-10-6-7-11-21(20)19-27-15-13-26(5-2)14-16-27;/h6-7,10-11H,4-5,8-9,12-19H2,1-3H3,(H2,23,24,25);1H. The Morgan fingerprint density at radius 1 is 1.00 bits per heavy atom. The number of hydrogen-bond acceptors (Lipinski definition) is 4. The highest BCUT2D eigenvalue weighted by molar-refractivity contribution is 14.0. The van der Waals surface area contributed by atoms with Crippen molar-refractivity contribution in [3.05, 3.63) is 35.4 Å². The molecule has 1 aliphatic rings. The van der Waals surface area contributed by atoms with Crippen LogP contribution in [0.5, 0.6) is 0 Å². The third-order valence-corrected chi connectivity index (χ3v) is 5.94. The molecule has 2 N–H and O–H groups in total. The first-order valence-electron chi connectivity index (χ1n) is 10.8. The van der Waals surface area contributed by atoms with Crippen molar-refractivity contribution in [2.45, 2.75) is 39.8 Å². The Hall–Kier alpha value is -0.510. The average Bonchev–Trinajstić information content (AvgIpc) is 2.73. The lowest BCUT2D eigenvalue weighted by Crippen LogP contribution is -2.45. The fourth-order valence-corrected chi connectivity index (χ4v) is 3.95. The Bertz CT molecular complexity index is 576. The summed E-state index contributed by atoms with van der Waals surface area (Å²) in [4.78, 5) is 9.94. The van der Waals surface area contributed by atoms with Gasteiger partial charge in [-0.05, 0) is 49.4 Å². The first kappa shape index (κ1) is 26.5. The van der Waals surface area contributed by atoms with Gasteiger partial charge in [-0.1, -0.05) is 31.2 Å². The van der Waals surface area contributed by atoms with Gasteiger partial charge in [0.1, 0.15) is 0 Å². The van der Waals surface area contributed by atoms with Gasteiger partial charge >= 0.3 is 0 Å². The normalized spacial score (nSPS) is 15.8. The lowest BCUT2D eigenvalue weighted by atomic mass is 10.1. The van der Waals surface area contributed by atoms with Gasteiger partial charge in [-0.25, -0.2) is 4.99 Å². The molecule has 1 aliphatic heterocycles. The van der Waals surface area contributed by atoms with Crippen LogP contribution in [0.1, 0.15) is 37.8 Å². The number of nitrogens with one attached hydrogen (secondary N) is 2. The van der Waals surface area contributed by atoms with Crippen LogP contribution in [0.2, 0.25) is 0 Å². The second-order valence-electron chi connectivity index (χ2n) is 7.30. The lowest BCUT2D eigenvalue weighted by Gasteiger charge is -2.34. The number of rotatable bonds is 11. The van der Waals surface area contributed by atoms with Crippen LogP contribution in [-0.2, 0) is 13.1 Å². The average molecular weight is 534 g/mol. The van der Waals surface area contributed by atoms with E-state index in [0.717, 1.165) is 51.8 Å². The number of halogens is 1. The van der Waals surface area contributed by atoms with Crippen molar-refractivity contribution in [3.63, 3.8) is 0 Å². The van der Waals surface area contributed by atoms with Gasteiger partial charge in [0.05, 0.1) is 6.54 Å². The van der Waals surface area contributed by atoms with Crippen molar-refractivity contribution in [2.75, 3.05) is 57.8 Å². The molecule has 166 valence electrons. The number of aliphatic imine (C=N–C) groups is 1. The maximum Gasteiger partial charge on any atom is 0.191 e. The van der Waals surface area contributed by atoms with E-state index in [0.29, 0.717) is 0 Å². The molecule has 2 rings (SSSR count). The first-order valence-corrected chi connectivity index (χ1v) is 12.2. The van der Waals surface area contributed by atoms with Gasteiger partial charge in [0.2, 0.25) is 0 Å². The molecule has 1 saturated heterocycles. The molecule has 1 aromatic carbocycles. The number of likely N-dealkylation sites (N-methyl/N-ethyl adjacent to an activating group) is 1. The van der Waals surface area contributed by atoms with Crippen LogP contribution >= 0.6 is 35.7 Å². The highest BCUT2D eigenvalue weighted by atomic mass is 127. The number of unbranched alkanes of at least 4 members (excludes halogenated alkanes) is 1. The highest BCUT2D eigenvalue weighted by Gasteiger charge is 2.16. The molecule has 5 nitrogen and oxygen atoms in total. The number of benzene rings is 1. The summed E-state index contributed by atoms with van der Waals surface area (Å²) in [5.74, 6) is 2.16. The molecule has 0 bridgehead atoms. The van der Waals surface area contributed by atoms with Crippen LogP contribution in [0.3, 0.4) is 0 Å². The first-order chi connectivity index (χ1) is 13.8. The molecule has 0 amide bonds. The summed E-state index contributed by atoms with van der Waals surface area (Å²) in [6.07, 6.45) is 4.60. The van der Waals surface area contributed by atoms with Crippen molar-refractivity contribution < 1.29 is 0 Å². The molecule has 1 heterocycles. The third kappa shape index (κ3) is 10.4. The van der Waals surface area contributed by atoms with Crippen molar-refractivity contribution in [3.8, 4) is 0 Å². The summed E-state index contributed by atoms with van der Waals surface area (Å²) in [5.41, 5.74) is 2.74. The molecule has 0 aromatic heterocycles. The molecule has 1 fully saturated rings. The number of guanidine groups is 1. The van der Waals surface area contributed by atoms with E-state index >= 15 is 0 Å². The zero-order valence-corrected chi connectivity index (χ0v) is 21.6. The van der Waals surface area contributed by atoms with Crippen molar-refractivity contribution in [1.82, 2.24) is 20.4 Å². The minimum absolute atomic E-state index is 0. The van der Waals surface area contributed by atoms with Crippen LogP contribution in [-0.4, -0.2) is 73.6 Å². The number of thioether (sulfide) groups is 1. The molecule has 0 unspecified atom stereocenters. The van der Waals surface area contributed by atoms with Crippen LogP contribution < -0.4 is 10.6 Å². The van der Waals surface area contributed by atoms with Gasteiger partial charge in [-0.2, -0.15) is 11.8 Å². The molecule has 0 saturated carbocycles. The second kappa shape index (κ2) is 16.2. The number of piperazine rings is 1. The molecule has 1 aromatic rings. The fraction of sp³-hybridized carbons (Fsp3) is 0.682. The van der Waals surface area contributed by atoms with E-state index in [1.807, 2.05) is 11.8 Å². The Morgan fingerprint density at radius 2 is 1.69 bits per heavy atom. The molecule has 0 aliphatic carbocycles. The lowest BCUT2D eigenvalue weighted by molar-refractivity contribution is 0.131. The molecule has 7 heteroatoms. The Labute approximate surface area is 199 Å². The Morgan fingerprint density at radius 3 is 2.34 bits per heavy atom. The summed E-state index contributed by atoms with van der Waals surface area (Å²) >= 11 is 1.92. The van der Waals surface area contributed by atoms with E-state index < -0.39 is 0 Å². The van der Waals surface area contributed by atoms with Crippen LogP contribution in [0.15, 0.2) is 29.3 Å². The summed E-state index contributed by atoms with van der Waals surface area (Å²) in [6.45, 7) is 13.8. The quantitative estimate of drug-likeness (QED) is 0.197. The maximum absolute atomic E-state index is 4.84. The summed E-state index contributed by atoms with van der Waals surface area (Å²) in [5, 5.41) is 6.85. The number of hydrogen-bond donors (Lipinski definition) is 2. The van der Waals surface area contributed by atoms with E-state index in [4.69, 9.17) is 4.99 Å². The van der Waals surface area contributed by atoms with Gasteiger partial charge in [-0.15, -0.1) is 24.0 Å². The molecule has 0 atom stereocenters. The van der Waals surface area contributed by atoms with Crippen molar-refractivity contribution in [2.24, 2.45) is 4.99 Å². The van der Waals surface area contributed by atoms with Gasteiger partial charge in [0.15, 0.2) is 5.96 Å². The van der Waals surface area contributed by atoms with Gasteiger partial charge in [-0.3, -0.25) is 4.90 Å². The molecule has 29 heavy (non-hydrogen) atoms. The molecular weight excluding hydrogens is 493 g/mol. The van der Waals surface area contributed by atoms with Gasteiger partial charge in [0.25, 0.3) is 0 Å². The van der Waals surface area contributed by atoms with E-state index in [9.17, 15) is 0 Å². The van der Waals surface area contributed by atoms with E-state index in [1.165, 1.54) is 42.8 Å². The molecule has 0 spiro atoms. The van der Waals surface area contributed by atoms with Crippen LogP contribution in [0.4, 0.5) is 0 Å². The summed E-state index contributed by atoms with van der Waals surface area (Å²) in [7, 11) is 0. The predicted molar refractivity (Wildman–Crippen MR) is 140 cm³/mol. The molecular formula is C22H40IN5S. The van der Waals surface area contributed by atoms with Crippen molar-refractivity contribution in [1.29, 1.82) is 0 Å². The van der Waals surface area contributed by atoms with E-state index in [2.05, 4.69) is 64.8 Å². The second-order valence-corrected chi connectivity index (χ2v) is 8.29. The topological polar surface area (TPSA) is 42.9 Å². The smallest absolute Gasteiger partial charge is 0.191 e. The van der Waals surface area contributed by atoms with E-state index in [1.54, 1.807) is 0 Å². The SMILES string of the molecule is CCNC(=NCc1ccccc1CN1CCN(CC)CC1)NCCCCSC.I. The van der Waals surface area contributed by atoms with Gasteiger partial charge < -0.3 is 15.5 Å². The summed E-state index contributed by atoms with van der Waals surface area (Å²) in [6, 6.07) is 8.77. The van der Waals surface area contributed by atoms with Gasteiger partial charge in [0, 0.05) is 45.8 Å². The monoisotopic (exact) mass is 533 g/mol. The zero-order chi connectivity index (χ0) is 20.0. The van der Waals surface area contributed by atoms with E-state index in [-0.39, 0.29) is 24.0 Å². The Kier molecular flexibility index (Phi) is 14.8. The minimum atomic E-state index is 0. The molecule has 0 radical (unpaired) electrons. The predicted octanol–water partition coefficient (Wildman–Crippen LogP) is 3.64. The van der Waals surface area contributed by atoms with Crippen LogP contribution in [0, 0.1) is 0 Å². The zero-order valence-electron chi connectivity index (χ0n) is 18.5. The minimum Gasteiger partial charge on any atom is -0.357 e. The third-order valence-electron chi connectivity index (χ3n) is 5.24. The Balaban J connectivity index is 0.00000420. The largest absolute Gasteiger partial charge is 0.357 e. The fourth-order valence-electron chi connectivity index (χ4n) is 3.45. The number of nitrogens with zero attached hydrogens (tertiary/aromatic N) is 3. The highest BCUT2D eigenvalue weighted by Crippen LogP contribution is 2.14. The maximum atomic E-state index is 4.84.